The number of nitriles is 1. The summed E-state index contributed by atoms with van der Waals surface area (Å²) in [6.07, 6.45) is 0.891. The second-order valence-corrected chi connectivity index (χ2v) is 4.72. The quantitative estimate of drug-likeness (QED) is 0.875. The van der Waals surface area contributed by atoms with Crippen molar-refractivity contribution in [3.63, 3.8) is 0 Å². The highest BCUT2D eigenvalue weighted by Crippen LogP contribution is 2.13. The number of halogens is 1. The van der Waals surface area contributed by atoms with E-state index in [1.807, 2.05) is 13.0 Å². The molecule has 1 N–H and O–H groups in total. The van der Waals surface area contributed by atoms with Gasteiger partial charge in [-0.05, 0) is 37.6 Å². The molecule has 1 saturated heterocycles. The number of rotatable bonds is 2. The van der Waals surface area contributed by atoms with E-state index in [-0.39, 0.29) is 17.5 Å². The van der Waals surface area contributed by atoms with Crippen LogP contribution in [0.1, 0.15) is 24.5 Å². The van der Waals surface area contributed by atoms with Gasteiger partial charge in [-0.25, -0.2) is 4.39 Å². The number of benzene rings is 1. The van der Waals surface area contributed by atoms with Gasteiger partial charge in [0.05, 0.1) is 11.6 Å². The molecule has 1 aliphatic heterocycles. The summed E-state index contributed by atoms with van der Waals surface area (Å²) in [5.41, 5.74) is 0.798. The summed E-state index contributed by atoms with van der Waals surface area (Å²) in [6, 6.07) is 6.02. The average molecular weight is 261 g/mol. The molecule has 1 amide bonds. The molecule has 4 nitrogen and oxygen atoms in total. The van der Waals surface area contributed by atoms with E-state index in [2.05, 4.69) is 5.32 Å². The minimum atomic E-state index is -0.525. The highest BCUT2D eigenvalue weighted by atomic mass is 19.1. The van der Waals surface area contributed by atoms with Crippen molar-refractivity contribution >= 4 is 5.91 Å². The lowest BCUT2D eigenvalue weighted by Gasteiger charge is -2.22. The smallest absolute Gasteiger partial charge is 0.239 e. The number of hydrogen-bond donors (Lipinski definition) is 1. The molecule has 1 aromatic carbocycles. The average Bonchev–Trinajstić information content (AvgIpc) is 2.56. The lowest BCUT2D eigenvalue weighted by Crippen LogP contribution is -2.41. The van der Waals surface area contributed by atoms with E-state index in [1.165, 1.54) is 12.1 Å². The van der Waals surface area contributed by atoms with Crippen LogP contribution in [0.25, 0.3) is 0 Å². The van der Waals surface area contributed by atoms with Crippen LogP contribution in [0.3, 0.4) is 0 Å². The predicted molar refractivity (Wildman–Crippen MR) is 68.6 cm³/mol. The predicted octanol–water partition coefficient (Wildman–Crippen LogP) is 1.41. The Morgan fingerprint density at radius 3 is 3.11 bits per heavy atom. The summed E-state index contributed by atoms with van der Waals surface area (Å²) < 4.78 is 13.2. The Kier molecular flexibility index (Phi) is 4.13. The Bertz CT molecular complexity index is 524. The third-order valence-corrected chi connectivity index (χ3v) is 3.26. The van der Waals surface area contributed by atoms with Crippen LogP contribution in [0, 0.1) is 17.1 Å². The van der Waals surface area contributed by atoms with Crippen molar-refractivity contribution < 1.29 is 9.18 Å². The molecule has 1 unspecified atom stereocenters. The van der Waals surface area contributed by atoms with E-state index in [0.717, 1.165) is 18.5 Å². The third-order valence-electron chi connectivity index (χ3n) is 3.26. The van der Waals surface area contributed by atoms with Crippen molar-refractivity contribution in [2.45, 2.75) is 25.9 Å². The zero-order valence-corrected chi connectivity index (χ0v) is 10.8. The normalized spacial score (nSPS) is 19.9. The first kappa shape index (κ1) is 13.5. The summed E-state index contributed by atoms with van der Waals surface area (Å²) in [7, 11) is 0. The Balaban J connectivity index is 2.16. The number of hydrogen-bond acceptors (Lipinski definition) is 3. The molecule has 1 aromatic rings. The molecule has 100 valence electrons. The maximum absolute atomic E-state index is 13.2. The van der Waals surface area contributed by atoms with Gasteiger partial charge in [0.15, 0.2) is 0 Å². The minimum Gasteiger partial charge on any atom is -0.337 e. The van der Waals surface area contributed by atoms with Gasteiger partial charge in [0.25, 0.3) is 0 Å². The van der Waals surface area contributed by atoms with Crippen molar-refractivity contribution in [2.75, 3.05) is 13.1 Å². The van der Waals surface area contributed by atoms with Crippen LogP contribution in [-0.2, 0) is 11.3 Å². The van der Waals surface area contributed by atoms with Gasteiger partial charge < -0.3 is 10.2 Å². The monoisotopic (exact) mass is 261 g/mol. The molecule has 1 aliphatic rings. The van der Waals surface area contributed by atoms with Crippen LogP contribution >= 0.6 is 0 Å². The van der Waals surface area contributed by atoms with Crippen LogP contribution in [0.15, 0.2) is 18.2 Å². The molecule has 0 bridgehead atoms. The number of amides is 1. The number of nitrogens with zero attached hydrogens (tertiary/aromatic N) is 2. The van der Waals surface area contributed by atoms with Crippen molar-refractivity contribution in [1.29, 1.82) is 5.26 Å². The zero-order chi connectivity index (χ0) is 13.8. The Morgan fingerprint density at radius 2 is 2.37 bits per heavy atom. The van der Waals surface area contributed by atoms with Gasteiger partial charge in [0, 0.05) is 13.1 Å². The first-order chi connectivity index (χ1) is 9.11. The summed E-state index contributed by atoms with van der Waals surface area (Å²) in [5.74, 6) is -0.483. The largest absolute Gasteiger partial charge is 0.337 e. The van der Waals surface area contributed by atoms with Crippen LogP contribution in [0.4, 0.5) is 4.39 Å². The molecule has 19 heavy (non-hydrogen) atoms. The number of carbonyl (C=O) groups excluding carboxylic acids is 1. The standard InChI is InChI=1S/C14H16FN3O/c1-10-14(19)18(6-2-5-17-10)9-11-3-4-13(15)12(7-11)8-16/h3-4,7,10,17H,2,5-6,9H2,1H3. The first-order valence-electron chi connectivity index (χ1n) is 6.32. The lowest BCUT2D eigenvalue weighted by atomic mass is 10.1. The van der Waals surface area contributed by atoms with Gasteiger partial charge in [0.2, 0.25) is 5.91 Å². The highest BCUT2D eigenvalue weighted by molar-refractivity contribution is 5.81. The molecular formula is C14H16FN3O. The van der Waals surface area contributed by atoms with Crippen LogP contribution in [0.5, 0.6) is 0 Å². The molecular weight excluding hydrogens is 245 g/mol. The topological polar surface area (TPSA) is 56.1 Å². The molecule has 0 aliphatic carbocycles. The minimum absolute atomic E-state index is 0.0194. The fourth-order valence-electron chi connectivity index (χ4n) is 2.19. The molecule has 2 rings (SSSR count). The van der Waals surface area contributed by atoms with Crippen molar-refractivity contribution in [3.05, 3.63) is 35.1 Å². The molecule has 5 heteroatoms. The summed E-state index contributed by atoms with van der Waals surface area (Å²) in [5, 5.41) is 11.9. The zero-order valence-electron chi connectivity index (χ0n) is 10.8. The Hall–Kier alpha value is -1.93. The maximum atomic E-state index is 13.2. The van der Waals surface area contributed by atoms with E-state index in [9.17, 15) is 9.18 Å². The number of nitrogens with one attached hydrogen (secondary N) is 1. The fraction of sp³-hybridized carbons (Fsp3) is 0.429. The second kappa shape index (κ2) is 5.81. The van der Waals surface area contributed by atoms with Gasteiger partial charge in [-0.1, -0.05) is 6.07 Å². The summed E-state index contributed by atoms with van der Waals surface area (Å²) in [6.45, 7) is 3.75. The van der Waals surface area contributed by atoms with E-state index in [1.54, 1.807) is 11.0 Å². The van der Waals surface area contributed by atoms with Gasteiger partial charge in [-0.3, -0.25) is 4.79 Å². The molecule has 0 saturated carbocycles. The van der Waals surface area contributed by atoms with Crippen molar-refractivity contribution in [3.8, 4) is 6.07 Å². The maximum Gasteiger partial charge on any atom is 0.239 e. The SMILES string of the molecule is CC1NCCCN(Cc2ccc(F)c(C#N)c2)C1=O. The third kappa shape index (κ3) is 3.09. The molecule has 0 radical (unpaired) electrons. The van der Waals surface area contributed by atoms with Crippen molar-refractivity contribution in [2.24, 2.45) is 0 Å². The molecule has 1 atom stereocenters. The summed E-state index contributed by atoms with van der Waals surface area (Å²) in [4.78, 5) is 13.8. The van der Waals surface area contributed by atoms with Gasteiger partial charge in [-0.2, -0.15) is 5.26 Å². The van der Waals surface area contributed by atoms with Gasteiger partial charge in [0.1, 0.15) is 11.9 Å². The van der Waals surface area contributed by atoms with Gasteiger partial charge >= 0.3 is 0 Å². The highest BCUT2D eigenvalue weighted by Gasteiger charge is 2.23. The van der Waals surface area contributed by atoms with Crippen LogP contribution in [-0.4, -0.2) is 29.9 Å². The first-order valence-corrected chi connectivity index (χ1v) is 6.32. The Morgan fingerprint density at radius 1 is 1.58 bits per heavy atom. The van der Waals surface area contributed by atoms with E-state index < -0.39 is 5.82 Å². The number of carbonyl (C=O) groups is 1. The van der Waals surface area contributed by atoms with Crippen molar-refractivity contribution in [1.82, 2.24) is 10.2 Å². The van der Waals surface area contributed by atoms with E-state index >= 15 is 0 Å². The lowest BCUT2D eigenvalue weighted by molar-refractivity contribution is -0.132. The molecule has 0 aromatic heterocycles. The Labute approximate surface area is 111 Å². The summed E-state index contributed by atoms with van der Waals surface area (Å²) >= 11 is 0. The van der Waals surface area contributed by atoms with E-state index in [4.69, 9.17) is 5.26 Å². The van der Waals surface area contributed by atoms with Crippen LogP contribution in [0.2, 0.25) is 0 Å². The molecule has 1 heterocycles. The molecule has 0 spiro atoms. The molecule has 1 fully saturated rings. The van der Waals surface area contributed by atoms with Gasteiger partial charge in [-0.15, -0.1) is 0 Å². The fourth-order valence-corrected chi connectivity index (χ4v) is 2.19. The second-order valence-electron chi connectivity index (χ2n) is 4.72. The van der Waals surface area contributed by atoms with Crippen LogP contribution < -0.4 is 5.32 Å². The van der Waals surface area contributed by atoms with E-state index in [0.29, 0.717) is 13.1 Å².